The first-order chi connectivity index (χ1) is 14.4. The second-order valence-electron chi connectivity index (χ2n) is 9.22. The zero-order valence-corrected chi connectivity index (χ0v) is 19.2. The monoisotopic (exact) mass is 446 g/mol. The third-order valence-electron chi connectivity index (χ3n) is 6.98. The highest BCUT2D eigenvalue weighted by atomic mass is 32.2. The Morgan fingerprint density at radius 3 is 2.73 bits per heavy atom. The minimum absolute atomic E-state index is 0.156. The van der Waals surface area contributed by atoms with Gasteiger partial charge in [-0.15, -0.1) is 0 Å². The summed E-state index contributed by atoms with van der Waals surface area (Å²) in [6.07, 6.45) is 7.47. The average Bonchev–Trinajstić information content (AvgIpc) is 3.47. The number of hydrogen-bond acceptors (Lipinski definition) is 5. The minimum atomic E-state index is -2.87. The zero-order valence-electron chi connectivity index (χ0n) is 17.5. The molecule has 1 aromatic carbocycles. The van der Waals surface area contributed by atoms with Crippen LogP contribution in [0.1, 0.15) is 55.1 Å². The first kappa shape index (κ1) is 20.4. The Bertz CT molecular complexity index is 1100. The molecule has 3 aliphatic rings. The molecule has 162 valence electrons. The molecule has 0 bridgehead atoms. The predicted octanol–water partition coefficient (Wildman–Crippen LogP) is 3.43. The highest BCUT2D eigenvalue weighted by Gasteiger charge is 2.37. The summed E-state index contributed by atoms with van der Waals surface area (Å²) in [6.45, 7) is 0.708. The van der Waals surface area contributed by atoms with E-state index in [1.54, 1.807) is 0 Å². The molecule has 0 spiro atoms. The highest BCUT2D eigenvalue weighted by molar-refractivity contribution is 7.91. The van der Waals surface area contributed by atoms with Gasteiger partial charge in [0.15, 0.2) is 14.6 Å². The van der Waals surface area contributed by atoms with Gasteiger partial charge < -0.3 is 4.57 Å². The SMILES string of the molecule is Cn1c(CC2CCS(=O)(=O)C2)nn(CN(C2CC2)C2CCCc3ccccc32)c1=S. The number of nitrogens with zero attached hydrogens (tertiary/aromatic N) is 4. The van der Waals surface area contributed by atoms with E-state index in [0.29, 0.717) is 30.9 Å². The lowest BCUT2D eigenvalue weighted by Crippen LogP contribution is -2.35. The van der Waals surface area contributed by atoms with Crippen LogP contribution in [0.3, 0.4) is 0 Å². The second-order valence-corrected chi connectivity index (χ2v) is 11.8. The molecule has 2 atom stereocenters. The van der Waals surface area contributed by atoms with Crippen molar-refractivity contribution in [2.45, 2.75) is 63.7 Å². The summed E-state index contributed by atoms with van der Waals surface area (Å²) < 4.78 is 28.3. The van der Waals surface area contributed by atoms with E-state index in [-0.39, 0.29) is 11.7 Å². The third kappa shape index (κ3) is 4.01. The van der Waals surface area contributed by atoms with E-state index in [4.69, 9.17) is 17.3 Å². The molecule has 2 unspecified atom stereocenters. The molecule has 0 radical (unpaired) electrons. The van der Waals surface area contributed by atoms with Crippen LogP contribution in [0.15, 0.2) is 24.3 Å². The maximum absolute atomic E-state index is 11.8. The van der Waals surface area contributed by atoms with Gasteiger partial charge in [-0.1, -0.05) is 24.3 Å². The smallest absolute Gasteiger partial charge is 0.198 e. The van der Waals surface area contributed by atoms with Crippen LogP contribution < -0.4 is 0 Å². The predicted molar refractivity (Wildman–Crippen MR) is 119 cm³/mol. The van der Waals surface area contributed by atoms with Gasteiger partial charge in [0.1, 0.15) is 5.82 Å². The van der Waals surface area contributed by atoms with Crippen molar-refractivity contribution in [3.63, 3.8) is 0 Å². The quantitative estimate of drug-likeness (QED) is 0.637. The largest absolute Gasteiger partial charge is 0.307 e. The first-order valence-electron chi connectivity index (χ1n) is 11.1. The van der Waals surface area contributed by atoms with Gasteiger partial charge in [-0.05, 0) is 67.8 Å². The van der Waals surface area contributed by atoms with Crippen LogP contribution in [0.4, 0.5) is 0 Å². The summed E-state index contributed by atoms with van der Waals surface area (Å²) in [5.74, 6) is 1.64. The average molecular weight is 447 g/mol. The number of hydrogen-bond donors (Lipinski definition) is 0. The van der Waals surface area contributed by atoms with Crippen LogP contribution in [0.25, 0.3) is 0 Å². The standard InChI is InChI=1S/C22H30N4O2S2/c1-24-21(13-16-11-12-30(27,28)14-16)23-26(22(24)29)15-25(18-9-10-18)20-8-4-6-17-5-2-3-7-19(17)20/h2-3,5,7,16,18,20H,4,6,8-15H2,1H3. The minimum Gasteiger partial charge on any atom is -0.307 e. The normalized spacial score (nSPS) is 25.5. The molecule has 1 aromatic heterocycles. The van der Waals surface area contributed by atoms with Gasteiger partial charge in [-0.2, -0.15) is 5.10 Å². The summed E-state index contributed by atoms with van der Waals surface area (Å²) in [4.78, 5) is 2.60. The third-order valence-corrected chi connectivity index (χ3v) is 9.30. The van der Waals surface area contributed by atoms with Crippen molar-refractivity contribution in [1.29, 1.82) is 0 Å². The molecule has 8 heteroatoms. The Morgan fingerprint density at radius 2 is 2.00 bits per heavy atom. The second kappa shape index (κ2) is 7.88. The molecule has 30 heavy (non-hydrogen) atoms. The number of aromatic nitrogens is 3. The van der Waals surface area contributed by atoms with E-state index < -0.39 is 9.84 Å². The first-order valence-corrected chi connectivity index (χ1v) is 13.3. The van der Waals surface area contributed by atoms with Gasteiger partial charge >= 0.3 is 0 Å². The van der Waals surface area contributed by atoms with Gasteiger partial charge in [-0.3, -0.25) is 4.90 Å². The van der Waals surface area contributed by atoms with Crippen molar-refractivity contribution in [2.24, 2.45) is 13.0 Å². The van der Waals surface area contributed by atoms with Crippen molar-refractivity contribution in [1.82, 2.24) is 19.2 Å². The molecule has 5 rings (SSSR count). The zero-order chi connectivity index (χ0) is 20.9. The fraction of sp³-hybridized carbons (Fsp3) is 0.636. The van der Waals surface area contributed by atoms with Crippen LogP contribution in [-0.2, 0) is 36.4 Å². The summed E-state index contributed by atoms with van der Waals surface area (Å²) in [7, 11) is -0.914. The number of aryl methyl sites for hydroxylation is 1. The summed E-state index contributed by atoms with van der Waals surface area (Å²) in [6, 6.07) is 9.89. The molecular weight excluding hydrogens is 416 g/mol. The van der Waals surface area contributed by atoms with E-state index in [2.05, 4.69) is 29.2 Å². The Hall–Kier alpha value is -1.51. The molecule has 1 saturated heterocycles. The van der Waals surface area contributed by atoms with Crippen molar-refractivity contribution in [2.75, 3.05) is 11.5 Å². The van der Waals surface area contributed by atoms with Crippen LogP contribution >= 0.6 is 12.2 Å². The number of rotatable bonds is 6. The Balaban J connectivity index is 1.39. The van der Waals surface area contributed by atoms with E-state index in [1.165, 1.54) is 43.2 Å². The van der Waals surface area contributed by atoms with Crippen molar-refractivity contribution < 1.29 is 8.42 Å². The lowest BCUT2D eigenvalue weighted by Gasteiger charge is -2.36. The topological polar surface area (TPSA) is 60.1 Å². The number of sulfone groups is 1. The van der Waals surface area contributed by atoms with E-state index in [0.717, 1.165) is 17.0 Å². The fourth-order valence-electron chi connectivity index (χ4n) is 5.20. The molecule has 2 heterocycles. The van der Waals surface area contributed by atoms with Gasteiger partial charge in [-0.25, -0.2) is 13.1 Å². The van der Waals surface area contributed by atoms with Crippen LogP contribution in [-0.4, -0.2) is 45.2 Å². The Labute approximate surface area is 183 Å². The molecule has 1 aliphatic heterocycles. The molecule has 0 amide bonds. The summed E-state index contributed by atoms with van der Waals surface area (Å²) >= 11 is 5.72. The molecule has 1 saturated carbocycles. The number of fused-ring (bicyclic) bond motifs is 1. The molecule has 6 nitrogen and oxygen atoms in total. The lowest BCUT2D eigenvalue weighted by atomic mass is 9.87. The Morgan fingerprint density at radius 1 is 1.20 bits per heavy atom. The molecule has 2 aliphatic carbocycles. The lowest BCUT2D eigenvalue weighted by molar-refractivity contribution is 0.118. The van der Waals surface area contributed by atoms with Gasteiger partial charge in [0.05, 0.1) is 18.2 Å². The Kier molecular flexibility index (Phi) is 5.35. The fourth-order valence-corrected chi connectivity index (χ4v) is 7.26. The van der Waals surface area contributed by atoms with Gasteiger partial charge in [0, 0.05) is 25.6 Å². The van der Waals surface area contributed by atoms with E-state index in [1.807, 2.05) is 16.3 Å². The summed E-state index contributed by atoms with van der Waals surface area (Å²) in [5, 5.41) is 4.86. The van der Waals surface area contributed by atoms with Crippen molar-refractivity contribution in [3.8, 4) is 0 Å². The summed E-state index contributed by atoms with van der Waals surface area (Å²) in [5.41, 5.74) is 2.95. The van der Waals surface area contributed by atoms with Crippen LogP contribution in [0, 0.1) is 10.7 Å². The molecule has 2 fully saturated rings. The van der Waals surface area contributed by atoms with Gasteiger partial charge in [0.2, 0.25) is 0 Å². The number of benzene rings is 1. The molecular formula is C22H30N4O2S2. The van der Waals surface area contributed by atoms with Crippen LogP contribution in [0.5, 0.6) is 0 Å². The maximum Gasteiger partial charge on any atom is 0.198 e. The van der Waals surface area contributed by atoms with E-state index in [9.17, 15) is 8.42 Å². The highest BCUT2D eigenvalue weighted by Crippen LogP contribution is 2.41. The van der Waals surface area contributed by atoms with Gasteiger partial charge in [0.25, 0.3) is 0 Å². The maximum atomic E-state index is 11.8. The molecule has 2 aromatic rings. The van der Waals surface area contributed by atoms with E-state index >= 15 is 0 Å². The van der Waals surface area contributed by atoms with Crippen molar-refractivity contribution in [3.05, 3.63) is 46.0 Å². The molecule has 0 N–H and O–H groups in total. The van der Waals surface area contributed by atoms with Crippen molar-refractivity contribution >= 4 is 22.1 Å². The van der Waals surface area contributed by atoms with Crippen LogP contribution in [0.2, 0.25) is 0 Å².